The van der Waals surface area contributed by atoms with Gasteiger partial charge in [-0.1, -0.05) is 19.9 Å². The van der Waals surface area contributed by atoms with Gasteiger partial charge in [0.15, 0.2) is 17.4 Å². The van der Waals surface area contributed by atoms with E-state index in [2.05, 4.69) is 10.3 Å². The molecule has 2 aromatic rings. The van der Waals surface area contributed by atoms with Gasteiger partial charge in [0.1, 0.15) is 11.8 Å². The van der Waals surface area contributed by atoms with Crippen LogP contribution in [0.15, 0.2) is 30.5 Å². The summed E-state index contributed by atoms with van der Waals surface area (Å²) in [5, 5.41) is 2.78. The number of aromatic nitrogens is 1. The highest BCUT2D eigenvalue weighted by Gasteiger charge is 2.51. The van der Waals surface area contributed by atoms with Gasteiger partial charge in [-0.15, -0.1) is 0 Å². The van der Waals surface area contributed by atoms with Crippen molar-refractivity contribution in [2.45, 2.75) is 58.7 Å². The fourth-order valence-electron chi connectivity index (χ4n) is 4.04. The molecule has 1 aliphatic rings. The standard InChI is InChI=1S/C23H26F2N2O3/c1-6-15-16(7-8-17(24)20(15)25)19-12(2)23(4,5)30-21(19)22(29)27-14-9-10-26-18(11-14)13(3)28/h7-12,19,21H,6H2,1-5H3,(H,26,27,29)/t12-,19-,21+/m0/s1. The van der Waals surface area contributed by atoms with E-state index in [9.17, 15) is 18.4 Å². The molecule has 7 heteroatoms. The Balaban J connectivity index is 1.98. The number of ether oxygens (including phenoxy) is 1. The first kappa shape index (κ1) is 22.0. The largest absolute Gasteiger partial charge is 0.362 e. The molecule has 0 bridgehead atoms. The molecule has 1 aromatic carbocycles. The molecule has 160 valence electrons. The number of pyridine rings is 1. The van der Waals surface area contributed by atoms with Crippen molar-refractivity contribution in [1.82, 2.24) is 4.98 Å². The van der Waals surface area contributed by atoms with Gasteiger partial charge >= 0.3 is 0 Å². The average molecular weight is 416 g/mol. The van der Waals surface area contributed by atoms with Crippen LogP contribution >= 0.6 is 0 Å². The molecule has 0 radical (unpaired) electrons. The average Bonchev–Trinajstić information content (AvgIpc) is 2.93. The van der Waals surface area contributed by atoms with E-state index in [1.54, 1.807) is 19.1 Å². The third kappa shape index (κ3) is 3.99. The number of carbonyl (C=O) groups excluding carboxylic acids is 2. The molecule has 1 aliphatic heterocycles. The van der Waals surface area contributed by atoms with E-state index in [1.807, 2.05) is 20.8 Å². The lowest BCUT2D eigenvalue weighted by Crippen LogP contribution is -2.33. The highest BCUT2D eigenvalue weighted by molar-refractivity contribution is 5.97. The Labute approximate surface area is 174 Å². The fourth-order valence-corrected chi connectivity index (χ4v) is 4.04. The highest BCUT2D eigenvalue weighted by Crippen LogP contribution is 2.47. The predicted molar refractivity (Wildman–Crippen MR) is 109 cm³/mol. The maximum absolute atomic E-state index is 14.5. The quantitative estimate of drug-likeness (QED) is 0.720. The number of hydrogen-bond donors (Lipinski definition) is 1. The van der Waals surface area contributed by atoms with Gasteiger partial charge in [0, 0.05) is 24.7 Å². The van der Waals surface area contributed by atoms with Crippen molar-refractivity contribution in [2.24, 2.45) is 5.92 Å². The summed E-state index contributed by atoms with van der Waals surface area (Å²) in [5.74, 6) is -3.01. The number of nitrogens with one attached hydrogen (secondary N) is 1. The molecule has 1 saturated heterocycles. The van der Waals surface area contributed by atoms with Gasteiger partial charge in [-0.05, 0) is 55.5 Å². The Morgan fingerprint density at radius 1 is 1.23 bits per heavy atom. The Kier molecular flexibility index (Phi) is 6.04. The molecule has 1 amide bonds. The molecule has 3 rings (SSSR count). The summed E-state index contributed by atoms with van der Waals surface area (Å²) < 4.78 is 34.4. The van der Waals surface area contributed by atoms with Gasteiger partial charge < -0.3 is 10.1 Å². The van der Waals surface area contributed by atoms with E-state index < -0.39 is 35.2 Å². The molecule has 1 aromatic heterocycles. The summed E-state index contributed by atoms with van der Waals surface area (Å²) >= 11 is 0. The highest BCUT2D eigenvalue weighted by atomic mass is 19.2. The molecule has 0 unspecified atom stereocenters. The van der Waals surface area contributed by atoms with Crippen LogP contribution in [0, 0.1) is 17.6 Å². The molecule has 3 atom stereocenters. The van der Waals surface area contributed by atoms with Crippen molar-refractivity contribution in [3.8, 4) is 0 Å². The van der Waals surface area contributed by atoms with Crippen LogP contribution in [0.4, 0.5) is 14.5 Å². The Morgan fingerprint density at radius 3 is 2.57 bits per heavy atom. The van der Waals surface area contributed by atoms with E-state index in [0.717, 1.165) is 6.07 Å². The molecular weight excluding hydrogens is 390 g/mol. The lowest BCUT2D eigenvalue weighted by atomic mass is 9.76. The maximum atomic E-state index is 14.5. The Bertz CT molecular complexity index is 990. The zero-order valence-corrected chi connectivity index (χ0v) is 17.8. The summed E-state index contributed by atoms with van der Waals surface area (Å²) in [6, 6.07) is 5.72. The van der Waals surface area contributed by atoms with E-state index in [4.69, 9.17) is 4.74 Å². The normalized spacial score (nSPS) is 22.7. The second kappa shape index (κ2) is 8.22. The molecule has 0 saturated carbocycles. The molecule has 5 nitrogen and oxygen atoms in total. The van der Waals surface area contributed by atoms with Crippen molar-refractivity contribution in [3.63, 3.8) is 0 Å². The number of benzene rings is 1. The van der Waals surface area contributed by atoms with Crippen LogP contribution in [0.25, 0.3) is 0 Å². The van der Waals surface area contributed by atoms with Crippen molar-refractivity contribution in [2.75, 3.05) is 5.32 Å². The molecule has 1 fully saturated rings. The number of ketones is 1. The van der Waals surface area contributed by atoms with Crippen molar-refractivity contribution in [1.29, 1.82) is 0 Å². The zero-order valence-electron chi connectivity index (χ0n) is 17.8. The lowest BCUT2D eigenvalue weighted by molar-refractivity contribution is -0.131. The second-order valence-electron chi connectivity index (χ2n) is 8.21. The van der Waals surface area contributed by atoms with Crippen LogP contribution in [-0.4, -0.2) is 28.4 Å². The van der Waals surface area contributed by atoms with E-state index in [-0.39, 0.29) is 23.0 Å². The van der Waals surface area contributed by atoms with Crippen molar-refractivity contribution >= 4 is 17.4 Å². The first-order valence-corrected chi connectivity index (χ1v) is 9.99. The minimum absolute atomic E-state index is 0.131. The summed E-state index contributed by atoms with van der Waals surface area (Å²) in [6.45, 7) is 8.85. The third-order valence-corrected chi connectivity index (χ3v) is 5.98. The zero-order chi connectivity index (χ0) is 22.2. The minimum atomic E-state index is -0.907. The first-order chi connectivity index (χ1) is 14.1. The Hall–Kier alpha value is -2.67. The molecule has 30 heavy (non-hydrogen) atoms. The first-order valence-electron chi connectivity index (χ1n) is 9.99. The Morgan fingerprint density at radius 2 is 1.93 bits per heavy atom. The van der Waals surface area contributed by atoms with Crippen molar-refractivity contribution in [3.05, 3.63) is 58.9 Å². The van der Waals surface area contributed by atoms with Gasteiger partial charge in [-0.2, -0.15) is 0 Å². The van der Waals surface area contributed by atoms with E-state index >= 15 is 0 Å². The molecule has 2 heterocycles. The lowest BCUT2D eigenvalue weighted by Gasteiger charge is -2.26. The van der Waals surface area contributed by atoms with Crippen LogP contribution in [0.3, 0.4) is 0 Å². The maximum Gasteiger partial charge on any atom is 0.254 e. The molecular formula is C23H26F2N2O3. The van der Waals surface area contributed by atoms with Gasteiger partial charge in [-0.25, -0.2) is 8.78 Å². The number of amides is 1. The second-order valence-corrected chi connectivity index (χ2v) is 8.21. The number of halogens is 2. The van der Waals surface area contributed by atoms with Crippen LogP contribution < -0.4 is 5.32 Å². The summed E-state index contributed by atoms with van der Waals surface area (Å²) in [6.07, 6.45) is 0.832. The smallest absolute Gasteiger partial charge is 0.254 e. The molecule has 0 aliphatic carbocycles. The topological polar surface area (TPSA) is 68.3 Å². The number of carbonyl (C=O) groups is 2. The van der Waals surface area contributed by atoms with Gasteiger partial charge in [-0.3, -0.25) is 14.6 Å². The number of rotatable bonds is 5. The van der Waals surface area contributed by atoms with Crippen LogP contribution in [0.1, 0.15) is 62.2 Å². The van der Waals surface area contributed by atoms with E-state index in [1.165, 1.54) is 19.2 Å². The predicted octanol–water partition coefficient (Wildman–Crippen LogP) is 4.66. The van der Waals surface area contributed by atoms with Gasteiger partial charge in [0.25, 0.3) is 5.91 Å². The number of anilines is 1. The summed E-state index contributed by atoms with van der Waals surface area (Å²) in [7, 11) is 0. The summed E-state index contributed by atoms with van der Waals surface area (Å²) in [5.41, 5.74) is 0.841. The summed E-state index contributed by atoms with van der Waals surface area (Å²) in [4.78, 5) is 28.7. The van der Waals surface area contributed by atoms with Crippen LogP contribution in [-0.2, 0) is 16.0 Å². The SMILES string of the molecule is CCc1c([C@H]2[C@H](C(=O)Nc3ccnc(C(C)=O)c3)OC(C)(C)[C@H]2C)ccc(F)c1F. The van der Waals surface area contributed by atoms with Crippen LogP contribution in [0.2, 0.25) is 0 Å². The number of Topliss-reactive ketones (excluding diaryl/α,β-unsaturated/α-hetero) is 1. The molecule has 0 spiro atoms. The third-order valence-electron chi connectivity index (χ3n) is 5.98. The van der Waals surface area contributed by atoms with Gasteiger partial charge in [0.05, 0.1) is 5.60 Å². The number of nitrogens with zero attached hydrogens (tertiary/aromatic N) is 1. The van der Waals surface area contributed by atoms with E-state index in [0.29, 0.717) is 17.7 Å². The number of hydrogen-bond acceptors (Lipinski definition) is 4. The van der Waals surface area contributed by atoms with Gasteiger partial charge in [0.2, 0.25) is 0 Å². The minimum Gasteiger partial charge on any atom is -0.362 e. The van der Waals surface area contributed by atoms with Crippen LogP contribution in [0.5, 0.6) is 0 Å². The fraction of sp³-hybridized carbons (Fsp3) is 0.435. The molecule has 1 N–H and O–H groups in total. The monoisotopic (exact) mass is 416 g/mol. The van der Waals surface area contributed by atoms with Crippen molar-refractivity contribution < 1.29 is 23.1 Å².